The summed E-state index contributed by atoms with van der Waals surface area (Å²) in [4.78, 5) is 95.3. The number of benzene rings is 6. The van der Waals surface area contributed by atoms with Crippen LogP contribution < -0.4 is 37.9 Å². The third kappa shape index (κ3) is 24.1. The molecule has 0 spiro atoms. The van der Waals surface area contributed by atoms with E-state index in [-0.39, 0.29) is 37.9 Å². The molecule has 0 atom stereocenters. The second kappa shape index (κ2) is 36.2. The molecule has 20 heteroatoms. The second-order valence-corrected chi connectivity index (χ2v) is 18.9. The summed E-state index contributed by atoms with van der Waals surface area (Å²) < 4.78 is 64.2. The largest absolute Gasteiger partial charge is 0.493 e. The van der Waals surface area contributed by atoms with Gasteiger partial charge in [-0.15, -0.1) is 0 Å². The van der Waals surface area contributed by atoms with Gasteiger partial charge in [-0.05, 0) is 172 Å². The average molecular weight is 1210 g/mol. The summed E-state index contributed by atoms with van der Waals surface area (Å²) in [7, 11) is 0. The molecule has 0 aliphatic rings. The van der Waals surface area contributed by atoms with Crippen molar-refractivity contribution in [1.29, 1.82) is 0 Å². The molecule has 0 radical (unpaired) electrons. The standard InChI is InChI=1S/C35H36O10.C33H32O10/c1-23(2)32(36)42-20-6-18-40-28-12-8-26(9-13-28)34(38)44-30-16-17-31(25(5)22-30)45-35(39)27-10-14-29(15-11-27)41-19-7-21-43-33(37)24(3)4;1-4-30(34)40-20-6-18-38-26-12-8-24(9-13-26)32(36)42-28-16-17-29(23(3)22-28)43-33(37)25-10-14-27(15-11-25)39-19-7-21-41-31(35)5-2/h8-17,22H,1,3,6-7,18-21H2,2,4-5H3;4-5,8-17,22H,1-2,6-7,18-21H2,3H3. The number of ether oxygens (including phenoxy) is 12. The number of hydrogen-bond acceptors (Lipinski definition) is 20. The van der Waals surface area contributed by atoms with E-state index in [0.29, 0.717) is 131 Å². The normalized spacial score (nSPS) is 10.2. The second-order valence-electron chi connectivity index (χ2n) is 18.9. The van der Waals surface area contributed by atoms with E-state index in [2.05, 4.69) is 26.3 Å². The first-order valence-corrected chi connectivity index (χ1v) is 27.6. The molecule has 0 fully saturated rings. The minimum atomic E-state index is -0.563. The fraction of sp³-hybridized carbons (Fsp3) is 0.235. The highest BCUT2D eigenvalue weighted by molar-refractivity contribution is 5.94. The topological polar surface area (TPSA) is 247 Å². The van der Waals surface area contributed by atoms with Crippen LogP contribution in [-0.4, -0.2) is 101 Å². The fourth-order valence-electron chi connectivity index (χ4n) is 7.03. The van der Waals surface area contributed by atoms with Crippen LogP contribution in [0.4, 0.5) is 0 Å². The van der Waals surface area contributed by atoms with Gasteiger partial charge in [-0.3, -0.25) is 0 Å². The van der Waals surface area contributed by atoms with E-state index in [0.717, 1.165) is 12.2 Å². The first-order valence-electron chi connectivity index (χ1n) is 27.6. The molecule has 0 amide bonds. The van der Waals surface area contributed by atoms with E-state index in [9.17, 15) is 38.4 Å². The minimum absolute atomic E-state index is 0.218. The van der Waals surface area contributed by atoms with Gasteiger partial charge in [0.1, 0.15) is 46.0 Å². The molecule has 0 saturated carbocycles. The third-order valence-electron chi connectivity index (χ3n) is 11.7. The number of aryl methyl sites for hydroxylation is 2. The summed E-state index contributed by atoms with van der Waals surface area (Å²) in [6, 6.07) is 35.2. The van der Waals surface area contributed by atoms with Crippen molar-refractivity contribution in [2.75, 3.05) is 52.9 Å². The Bertz CT molecular complexity index is 3400. The summed E-state index contributed by atoms with van der Waals surface area (Å²) in [6.07, 6.45) is 4.23. The van der Waals surface area contributed by atoms with Crippen LogP contribution in [-0.2, 0) is 38.1 Å². The molecule has 0 aromatic heterocycles. The Morgan fingerprint density at radius 1 is 0.341 bits per heavy atom. The molecule has 0 aliphatic heterocycles. The van der Waals surface area contributed by atoms with Crippen molar-refractivity contribution in [2.24, 2.45) is 0 Å². The van der Waals surface area contributed by atoms with Gasteiger partial charge >= 0.3 is 47.8 Å². The molecule has 88 heavy (non-hydrogen) atoms. The van der Waals surface area contributed by atoms with E-state index in [1.165, 1.54) is 12.1 Å². The Morgan fingerprint density at radius 3 is 0.841 bits per heavy atom. The van der Waals surface area contributed by atoms with Gasteiger partial charge in [0.15, 0.2) is 0 Å². The van der Waals surface area contributed by atoms with Crippen LogP contribution in [0.5, 0.6) is 46.0 Å². The molecule has 6 aromatic rings. The van der Waals surface area contributed by atoms with Crippen molar-refractivity contribution in [2.45, 2.75) is 53.4 Å². The summed E-state index contributed by atoms with van der Waals surface area (Å²) in [6.45, 7) is 22.5. The van der Waals surface area contributed by atoms with Crippen molar-refractivity contribution < 1.29 is 95.2 Å². The van der Waals surface area contributed by atoms with Crippen LogP contribution >= 0.6 is 0 Å². The molecule has 6 rings (SSSR count). The monoisotopic (exact) mass is 1200 g/mol. The van der Waals surface area contributed by atoms with E-state index < -0.39 is 47.8 Å². The molecular weight excluding hydrogens is 1140 g/mol. The average Bonchev–Trinajstić information content (AvgIpc) is 3.33. The Balaban J connectivity index is 0.000000321. The Hall–Kier alpha value is -10.8. The highest BCUT2D eigenvalue weighted by Gasteiger charge is 2.17. The Morgan fingerprint density at radius 2 is 0.591 bits per heavy atom. The maximum atomic E-state index is 12.7. The lowest BCUT2D eigenvalue weighted by Crippen LogP contribution is -2.11. The zero-order chi connectivity index (χ0) is 63.8. The predicted molar refractivity (Wildman–Crippen MR) is 322 cm³/mol. The van der Waals surface area contributed by atoms with Gasteiger partial charge < -0.3 is 56.8 Å². The van der Waals surface area contributed by atoms with Crippen molar-refractivity contribution in [3.63, 3.8) is 0 Å². The number of carbonyl (C=O) groups excluding carboxylic acids is 8. The SMILES string of the molecule is C=C(C)C(=O)OCCCOc1ccc(C(=O)Oc2ccc(OC(=O)c3ccc(OCCCOC(=O)C(=C)C)cc3)c(C)c2)cc1.C=CC(=O)OCCCOc1ccc(C(=O)Oc2ccc(OC(=O)c3ccc(OCCCOC(=O)C=C)cc3)c(C)c2)cc1. The van der Waals surface area contributed by atoms with Crippen molar-refractivity contribution in [3.05, 3.63) is 216 Å². The number of esters is 8. The van der Waals surface area contributed by atoms with E-state index in [1.54, 1.807) is 149 Å². The van der Waals surface area contributed by atoms with Crippen LogP contribution in [0.25, 0.3) is 0 Å². The molecule has 460 valence electrons. The van der Waals surface area contributed by atoms with Crippen LogP contribution in [0.1, 0.15) is 92.1 Å². The summed E-state index contributed by atoms with van der Waals surface area (Å²) in [5, 5.41) is 0. The number of hydrogen-bond donors (Lipinski definition) is 0. The lowest BCUT2D eigenvalue weighted by atomic mass is 10.2. The summed E-state index contributed by atoms with van der Waals surface area (Å²) in [5.41, 5.74) is 3.17. The van der Waals surface area contributed by atoms with Crippen molar-refractivity contribution in [1.82, 2.24) is 0 Å². The smallest absolute Gasteiger partial charge is 0.343 e. The highest BCUT2D eigenvalue weighted by atomic mass is 16.6. The van der Waals surface area contributed by atoms with Gasteiger partial charge in [-0.2, -0.15) is 0 Å². The molecule has 20 nitrogen and oxygen atoms in total. The van der Waals surface area contributed by atoms with Crippen molar-refractivity contribution in [3.8, 4) is 46.0 Å². The molecule has 0 N–H and O–H groups in total. The molecule has 0 unspecified atom stereocenters. The van der Waals surface area contributed by atoms with Crippen LogP contribution in [0.15, 0.2) is 183 Å². The fourth-order valence-corrected chi connectivity index (χ4v) is 7.03. The first kappa shape index (κ1) is 68.0. The predicted octanol–water partition coefficient (Wildman–Crippen LogP) is 11.6. The number of rotatable bonds is 32. The van der Waals surface area contributed by atoms with Gasteiger partial charge in [0.2, 0.25) is 0 Å². The van der Waals surface area contributed by atoms with Gasteiger partial charge in [-0.25, -0.2) is 38.4 Å². The quantitative estimate of drug-likeness (QED) is 0.0125. The third-order valence-corrected chi connectivity index (χ3v) is 11.7. The zero-order valence-corrected chi connectivity index (χ0v) is 49.3. The van der Waals surface area contributed by atoms with E-state index in [1.807, 2.05) is 0 Å². The summed E-state index contributed by atoms with van der Waals surface area (Å²) >= 11 is 0. The van der Waals surface area contributed by atoms with Crippen LogP contribution in [0, 0.1) is 13.8 Å². The molecule has 0 bridgehead atoms. The lowest BCUT2D eigenvalue weighted by molar-refractivity contribution is -0.140. The Labute approximate surface area is 509 Å². The molecular formula is C68H68O20. The highest BCUT2D eigenvalue weighted by Crippen LogP contribution is 2.28. The zero-order valence-electron chi connectivity index (χ0n) is 49.3. The molecule has 0 saturated heterocycles. The molecule has 6 aromatic carbocycles. The van der Waals surface area contributed by atoms with Gasteiger partial charge in [0.05, 0.1) is 75.1 Å². The van der Waals surface area contributed by atoms with Gasteiger partial charge in [-0.1, -0.05) is 26.3 Å². The van der Waals surface area contributed by atoms with Crippen LogP contribution in [0.3, 0.4) is 0 Å². The van der Waals surface area contributed by atoms with Crippen LogP contribution in [0.2, 0.25) is 0 Å². The molecule has 0 heterocycles. The minimum Gasteiger partial charge on any atom is -0.493 e. The Kier molecular flexibility index (Phi) is 28.0. The van der Waals surface area contributed by atoms with E-state index >= 15 is 0 Å². The number of carbonyl (C=O) groups is 8. The maximum Gasteiger partial charge on any atom is 0.343 e. The summed E-state index contributed by atoms with van der Waals surface area (Å²) in [5.74, 6) is -0.646. The first-order chi connectivity index (χ1) is 42.3. The van der Waals surface area contributed by atoms with E-state index in [4.69, 9.17) is 56.8 Å². The van der Waals surface area contributed by atoms with Crippen molar-refractivity contribution >= 4 is 47.8 Å². The molecule has 0 aliphatic carbocycles. The maximum absolute atomic E-state index is 12.7. The van der Waals surface area contributed by atoms with Gasteiger partial charge in [0, 0.05) is 49.0 Å². The van der Waals surface area contributed by atoms with Gasteiger partial charge in [0.25, 0.3) is 0 Å². The lowest BCUT2D eigenvalue weighted by Gasteiger charge is -2.11.